The van der Waals surface area contributed by atoms with Crippen molar-refractivity contribution in [3.8, 4) is 0 Å². The highest BCUT2D eigenvalue weighted by Crippen LogP contribution is 2.09. The van der Waals surface area contributed by atoms with E-state index < -0.39 is 0 Å². The summed E-state index contributed by atoms with van der Waals surface area (Å²) in [4.78, 5) is 0. The molecule has 4 nitrogen and oxygen atoms in total. The first-order valence-corrected chi connectivity index (χ1v) is 5.31. The van der Waals surface area contributed by atoms with Gasteiger partial charge in [0.1, 0.15) is 5.82 Å². The van der Waals surface area contributed by atoms with Crippen LogP contribution in [0.2, 0.25) is 0 Å². The molecular formula is C10H18N4. The minimum atomic E-state index is 0.624. The number of hydrogen-bond acceptors (Lipinski definition) is 3. The zero-order valence-corrected chi connectivity index (χ0v) is 8.66. The Balaban J connectivity index is 1.79. The summed E-state index contributed by atoms with van der Waals surface area (Å²) < 4.78 is 1.86. The second-order valence-electron chi connectivity index (χ2n) is 3.87. The molecule has 14 heavy (non-hydrogen) atoms. The molecule has 0 aliphatic carbocycles. The Morgan fingerprint density at radius 2 is 2.57 bits per heavy atom. The predicted octanol–water partition coefficient (Wildman–Crippen LogP) is 0.974. The molecular weight excluding hydrogens is 176 g/mol. The summed E-state index contributed by atoms with van der Waals surface area (Å²) in [6, 6.07) is 2.63. The highest BCUT2D eigenvalue weighted by atomic mass is 15.3. The maximum absolute atomic E-state index is 4.11. The Bertz CT molecular complexity index is 275. The van der Waals surface area contributed by atoms with E-state index in [-0.39, 0.29) is 0 Å². The summed E-state index contributed by atoms with van der Waals surface area (Å²) in [5.74, 6) is 1.09. The molecule has 1 aromatic rings. The molecule has 1 aliphatic rings. The van der Waals surface area contributed by atoms with Gasteiger partial charge in [-0.15, -0.1) is 0 Å². The molecule has 2 rings (SSSR count). The molecule has 0 radical (unpaired) electrons. The first-order chi connectivity index (χ1) is 6.86. The smallest absolute Gasteiger partial charge is 0.123 e. The third-order valence-electron chi connectivity index (χ3n) is 2.76. The molecule has 1 saturated heterocycles. The Morgan fingerprint density at radius 1 is 1.64 bits per heavy atom. The minimum absolute atomic E-state index is 0.624. The lowest BCUT2D eigenvalue weighted by molar-refractivity contribution is 0.413. The molecule has 78 valence electrons. The summed E-state index contributed by atoms with van der Waals surface area (Å²) in [6.07, 6.45) is 5.77. The summed E-state index contributed by atoms with van der Waals surface area (Å²) in [5.41, 5.74) is 0. The fourth-order valence-electron chi connectivity index (χ4n) is 1.87. The quantitative estimate of drug-likeness (QED) is 0.753. The molecule has 1 fully saturated rings. The van der Waals surface area contributed by atoms with Crippen molar-refractivity contribution in [1.29, 1.82) is 0 Å². The first kappa shape index (κ1) is 9.52. The summed E-state index contributed by atoms with van der Waals surface area (Å²) in [6.45, 7) is 2.16. The Kier molecular flexibility index (Phi) is 3.03. The number of piperidine rings is 1. The van der Waals surface area contributed by atoms with Crippen molar-refractivity contribution < 1.29 is 0 Å². The van der Waals surface area contributed by atoms with Gasteiger partial charge in [-0.05, 0) is 19.4 Å². The molecule has 0 saturated carbocycles. The van der Waals surface area contributed by atoms with E-state index in [9.17, 15) is 0 Å². The van der Waals surface area contributed by atoms with Crippen LogP contribution in [0.15, 0.2) is 12.3 Å². The van der Waals surface area contributed by atoms with Crippen molar-refractivity contribution in [1.82, 2.24) is 15.1 Å². The van der Waals surface area contributed by atoms with Gasteiger partial charge in [0.2, 0.25) is 0 Å². The van der Waals surface area contributed by atoms with Crippen molar-refractivity contribution in [2.45, 2.75) is 25.3 Å². The van der Waals surface area contributed by atoms with E-state index in [0.717, 1.165) is 18.9 Å². The van der Waals surface area contributed by atoms with E-state index in [2.05, 4.69) is 15.7 Å². The maximum atomic E-state index is 4.11. The van der Waals surface area contributed by atoms with Crippen molar-refractivity contribution in [2.24, 2.45) is 7.05 Å². The monoisotopic (exact) mass is 194 g/mol. The van der Waals surface area contributed by atoms with Crippen LogP contribution in [0.3, 0.4) is 0 Å². The molecule has 4 heteroatoms. The molecule has 1 aliphatic heterocycles. The van der Waals surface area contributed by atoms with Crippen LogP contribution in [-0.2, 0) is 7.05 Å². The van der Waals surface area contributed by atoms with E-state index in [4.69, 9.17) is 0 Å². The normalized spacial score (nSPS) is 22.2. The summed E-state index contributed by atoms with van der Waals surface area (Å²) >= 11 is 0. The van der Waals surface area contributed by atoms with Gasteiger partial charge in [-0.25, -0.2) is 0 Å². The van der Waals surface area contributed by atoms with Crippen LogP contribution in [0.25, 0.3) is 0 Å². The molecule has 0 spiro atoms. The van der Waals surface area contributed by atoms with Crippen LogP contribution in [0.5, 0.6) is 0 Å². The number of aryl methyl sites for hydroxylation is 1. The SMILES string of the molecule is Cn1nccc1NCC1CCCCN1. The largest absolute Gasteiger partial charge is 0.369 e. The van der Waals surface area contributed by atoms with Gasteiger partial charge in [-0.1, -0.05) is 6.42 Å². The third-order valence-corrected chi connectivity index (χ3v) is 2.76. The molecule has 2 heterocycles. The average molecular weight is 194 g/mol. The lowest BCUT2D eigenvalue weighted by atomic mass is 10.1. The summed E-state index contributed by atoms with van der Waals surface area (Å²) in [5, 5.41) is 11.0. The Morgan fingerprint density at radius 3 is 3.21 bits per heavy atom. The van der Waals surface area contributed by atoms with Crippen molar-refractivity contribution in [3.05, 3.63) is 12.3 Å². The number of anilines is 1. The van der Waals surface area contributed by atoms with Crippen LogP contribution in [-0.4, -0.2) is 28.9 Å². The molecule has 0 aromatic carbocycles. The zero-order chi connectivity index (χ0) is 9.80. The van der Waals surface area contributed by atoms with Crippen LogP contribution < -0.4 is 10.6 Å². The fraction of sp³-hybridized carbons (Fsp3) is 0.700. The number of hydrogen-bond donors (Lipinski definition) is 2. The second-order valence-corrected chi connectivity index (χ2v) is 3.87. The number of rotatable bonds is 3. The summed E-state index contributed by atoms with van der Waals surface area (Å²) in [7, 11) is 1.95. The molecule has 0 amide bonds. The van der Waals surface area contributed by atoms with Crippen molar-refractivity contribution in [2.75, 3.05) is 18.4 Å². The topological polar surface area (TPSA) is 41.9 Å². The molecule has 1 aromatic heterocycles. The van der Waals surface area contributed by atoms with Gasteiger partial charge >= 0.3 is 0 Å². The van der Waals surface area contributed by atoms with Gasteiger partial charge < -0.3 is 10.6 Å². The van der Waals surface area contributed by atoms with Crippen molar-refractivity contribution in [3.63, 3.8) is 0 Å². The zero-order valence-electron chi connectivity index (χ0n) is 8.66. The van der Waals surface area contributed by atoms with Gasteiger partial charge in [0.25, 0.3) is 0 Å². The van der Waals surface area contributed by atoms with Gasteiger partial charge in [-0.3, -0.25) is 4.68 Å². The minimum Gasteiger partial charge on any atom is -0.369 e. The maximum Gasteiger partial charge on any atom is 0.123 e. The molecule has 1 atom stereocenters. The van der Waals surface area contributed by atoms with Crippen LogP contribution in [0.1, 0.15) is 19.3 Å². The highest BCUT2D eigenvalue weighted by Gasteiger charge is 2.12. The molecule has 2 N–H and O–H groups in total. The standard InChI is InChI=1S/C10H18N4/c1-14-10(5-7-13-14)12-8-9-4-2-3-6-11-9/h5,7,9,11-12H,2-4,6,8H2,1H3. The Hall–Kier alpha value is -1.03. The molecule has 0 bridgehead atoms. The fourth-order valence-corrected chi connectivity index (χ4v) is 1.87. The number of aromatic nitrogens is 2. The van der Waals surface area contributed by atoms with Gasteiger partial charge in [0.05, 0.1) is 6.20 Å². The Labute approximate surface area is 84.7 Å². The third kappa shape index (κ3) is 2.26. The van der Waals surface area contributed by atoms with Crippen LogP contribution in [0.4, 0.5) is 5.82 Å². The predicted molar refractivity (Wildman–Crippen MR) is 57.3 cm³/mol. The van der Waals surface area contributed by atoms with E-state index in [1.54, 1.807) is 0 Å². The van der Waals surface area contributed by atoms with Gasteiger partial charge in [0, 0.05) is 25.7 Å². The van der Waals surface area contributed by atoms with Gasteiger partial charge in [-0.2, -0.15) is 5.10 Å². The van der Waals surface area contributed by atoms with E-state index in [1.807, 2.05) is 24.0 Å². The highest BCUT2D eigenvalue weighted by molar-refractivity contribution is 5.33. The number of nitrogens with zero attached hydrogens (tertiary/aromatic N) is 2. The van der Waals surface area contributed by atoms with Crippen LogP contribution >= 0.6 is 0 Å². The lowest BCUT2D eigenvalue weighted by Gasteiger charge is -2.23. The average Bonchev–Trinajstić information content (AvgIpc) is 2.63. The van der Waals surface area contributed by atoms with E-state index in [1.165, 1.54) is 19.3 Å². The second kappa shape index (κ2) is 4.46. The molecule has 1 unspecified atom stereocenters. The van der Waals surface area contributed by atoms with E-state index >= 15 is 0 Å². The lowest BCUT2D eigenvalue weighted by Crippen LogP contribution is -2.39. The first-order valence-electron chi connectivity index (χ1n) is 5.31. The van der Waals surface area contributed by atoms with Crippen molar-refractivity contribution >= 4 is 5.82 Å². The number of nitrogens with one attached hydrogen (secondary N) is 2. The van der Waals surface area contributed by atoms with Crippen LogP contribution in [0, 0.1) is 0 Å². The van der Waals surface area contributed by atoms with E-state index in [0.29, 0.717) is 6.04 Å². The van der Waals surface area contributed by atoms with Gasteiger partial charge in [0.15, 0.2) is 0 Å².